The van der Waals surface area contributed by atoms with Crippen LogP contribution in [0.4, 0.5) is 0 Å². The van der Waals surface area contributed by atoms with Crippen LogP contribution in [0.2, 0.25) is 10.0 Å². The molecular formula is C12H14BrCl2NO3S. The lowest BCUT2D eigenvalue weighted by Crippen LogP contribution is -2.40. The molecule has 0 aliphatic carbocycles. The van der Waals surface area contributed by atoms with E-state index in [4.69, 9.17) is 27.9 Å². The highest BCUT2D eigenvalue weighted by atomic mass is 79.9. The van der Waals surface area contributed by atoms with Crippen LogP contribution in [0.3, 0.4) is 0 Å². The quantitative estimate of drug-likeness (QED) is 0.776. The molecule has 0 saturated carbocycles. The number of methoxy groups -OCH3 is 1. The molecule has 0 aromatic heterocycles. The number of piperidine rings is 1. The number of nitrogens with zero attached hydrogens (tertiary/aromatic N) is 1. The molecule has 1 aliphatic heterocycles. The average Bonchev–Trinajstić information content (AvgIpc) is 2.37. The number of sulfonamides is 1. The van der Waals surface area contributed by atoms with Gasteiger partial charge in [0, 0.05) is 24.7 Å². The Balaban J connectivity index is 2.32. The van der Waals surface area contributed by atoms with E-state index in [9.17, 15) is 8.42 Å². The van der Waals surface area contributed by atoms with Gasteiger partial charge in [0.15, 0.2) is 0 Å². The summed E-state index contributed by atoms with van der Waals surface area (Å²) < 4.78 is 32.6. The smallest absolute Gasteiger partial charge is 0.246 e. The molecule has 0 radical (unpaired) electrons. The second-order valence-corrected chi connectivity index (χ2v) is 8.14. The highest BCUT2D eigenvalue weighted by Gasteiger charge is 2.32. The Kier molecular flexibility index (Phi) is 5.37. The zero-order valence-corrected chi connectivity index (χ0v) is 14.7. The Morgan fingerprint density at radius 2 is 1.75 bits per heavy atom. The maximum Gasteiger partial charge on any atom is 0.246 e. The standard InChI is InChI=1S/C12H14BrCl2NO3S/c1-19-9-2-4-16(5-3-9)20(17,18)12-10(14)6-8(13)7-11(12)15/h6-7,9H,2-5H2,1H3. The molecule has 1 saturated heterocycles. The fraction of sp³-hybridized carbons (Fsp3) is 0.500. The molecule has 2 rings (SSSR count). The van der Waals surface area contributed by atoms with Crippen LogP contribution < -0.4 is 0 Å². The van der Waals surface area contributed by atoms with Crippen LogP contribution >= 0.6 is 39.1 Å². The lowest BCUT2D eigenvalue weighted by molar-refractivity contribution is 0.0604. The summed E-state index contributed by atoms with van der Waals surface area (Å²) >= 11 is 15.3. The van der Waals surface area contributed by atoms with Crippen LogP contribution in [0.1, 0.15) is 12.8 Å². The van der Waals surface area contributed by atoms with Gasteiger partial charge in [-0.1, -0.05) is 39.1 Å². The topological polar surface area (TPSA) is 46.6 Å². The molecule has 8 heteroatoms. The molecule has 0 N–H and O–H groups in total. The summed E-state index contributed by atoms with van der Waals surface area (Å²) in [7, 11) is -2.04. The van der Waals surface area contributed by atoms with Crippen molar-refractivity contribution < 1.29 is 13.2 Å². The Morgan fingerprint density at radius 1 is 1.25 bits per heavy atom. The minimum atomic E-state index is -3.68. The van der Waals surface area contributed by atoms with Crippen molar-refractivity contribution in [3.05, 3.63) is 26.7 Å². The molecule has 0 bridgehead atoms. The van der Waals surface area contributed by atoms with E-state index in [0.29, 0.717) is 30.4 Å². The predicted molar refractivity (Wildman–Crippen MR) is 83.0 cm³/mol. The summed E-state index contributed by atoms with van der Waals surface area (Å²) in [4.78, 5) is -0.0279. The minimum absolute atomic E-state index is 0.0279. The van der Waals surface area contributed by atoms with Crippen molar-refractivity contribution in [2.45, 2.75) is 23.8 Å². The van der Waals surface area contributed by atoms with E-state index < -0.39 is 10.0 Å². The summed E-state index contributed by atoms with van der Waals surface area (Å²) in [6.45, 7) is 0.813. The van der Waals surface area contributed by atoms with Crippen LogP contribution in [-0.2, 0) is 14.8 Å². The molecular weight excluding hydrogens is 389 g/mol. The Labute approximate surface area is 137 Å². The largest absolute Gasteiger partial charge is 0.381 e. The van der Waals surface area contributed by atoms with Crippen molar-refractivity contribution in [1.82, 2.24) is 4.31 Å². The van der Waals surface area contributed by atoms with E-state index in [2.05, 4.69) is 15.9 Å². The monoisotopic (exact) mass is 401 g/mol. The van der Waals surface area contributed by atoms with Gasteiger partial charge in [0.25, 0.3) is 0 Å². The van der Waals surface area contributed by atoms with Gasteiger partial charge in [0.05, 0.1) is 16.1 Å². The van der Waals surface area contributed by atoms with Crippen LogP contribution in [0.15, 0.2) is 21.5 Å². The Bertz CT molecular complexity index is 578. The van der Waals surface area contributed by atoms with E-state index in [1.54, 1.807) is 7.11 Å². The van der Waals surface area contributed by atoms with Gasteiger partial charge < -0.3 is 4.74 Å². The molecule has 0 unspecified atom stereocenters. The molecule has 20 heavy (non-hydrogen) atoms. The number of halogens is 3. The molecule has 1 aliphatic rings. The van der Waals surface area contributed by atoms with Gasteiger partial charge in [0.2, 0.25) is 10.0 Å². The van der Waals surface area contributed by atoms with Crippen molar-refractivity contribution in [2.75, 3.05) is 20.2 Å². The van der Waals surface area contributed by atoms with Crippen LogP contribution in [0.25, 0.3) is 0 Å². The first kappa shape index (κ1) is 16.5. The average molecular weight is 403 g/mol. The van der Waals surface area contributed by atoms with Gasteiger partial charge in [0.1, 0.15) is 4.90 Å². The fourth-order valence-corrected chi connectivity index (χ4v) is 5.57. The van der Waals surface area contributed by atoms with Crippen molar-refractivity contribution in [3.8, 4) is 0 Å². The maximum absolute atomic E-state index is 12.6. The van der Waals surface area contributed by atoms with Gasteiger partial charge in [-0.15, -0.1) is 0 Å². The molecule has 112 valence electrons. The third-order valence-corrected chi connectivity index (χ3v) is 6.57. The van der Waals surface area contributed by atoms with Gasteiger partial charge >= 0.3 is 0 Å². The zero-order valence-electron chi connectivity index (χ0n) is 10.8. The lowest BCUT2D eigenvalue weighted by Gasteiger charge is -2.30. The SMILES string of the molecule is COC1CCN(S(=O)(=O)c2c(Cl)cc(Br)cc2Cl)CC1. The second-order valence-electron chi connectivity index (χ2n) is 4.54. The number of hydrogen-bond donors (Lipinski definition) is 0. The van der Waals surface area contributed by atoms with Crippen molar-refractivity contribution in [2.24, 2.45) is 0 Å². The molecule has 1 heterocycles. The van der Waals surface area contributed by atoms with E-state index in [1.807, 2.05) is 0 Å². The van der Waals surface area contributed by atoms with Gasteiger partial charge in [-0.2, -0.15) is 4.31 Å². The van der Waals surface area contributed by atoms with E-state index >= 15 is 0 Å². The van der Waals surface area contributed by atoms with Crippen LogP contribution in [0.5, 0.6) is 0 Å². The molecule has 1 fully saturated rings. The van der Waals surface area contributed by atoms with Crippen molar-refractivity contribution in [1.29, 1.82) is 0 Å². The third-order valence-electron chi connectivity index (χ3n) is 3.30. The molecule has 1 aromatic rings. The zero-order chi connectivity index (χ0) is 14.9. The number of hydrogen-bond acceptors (Lipinski definition) is 3. The maximum atomic E-state index is 12.6. The second kappa shape index (κ2) is 6.50. The summed E-state index contributed by atoms with van der Waals surface area (Å²) in [5.41, 5.74) is 0. The highest BCUT2D eigenvalue weighted by Crippen LogP contribution is 2.35. The first-order valence-electron chi connectivity index (χ1n) is 6.03. The van der Waals surface area contributed by atoms with E-state index in [0.717, 1.165) is 0 Å². The van der Waals surface area contributed by atoms with Crippen molar-refractivity contribution in [3.63, 3.8) is 0 Å². The fourth-order valence-electron chi connectivity index (χ4n) is 2.21. The van der Waals surface area contributed by atoms with Gasteiger partial charge in [-0.3, -0.25) is 0 Å². The first-order valence-corrected chi connectivity index (χ1v) is 9.02. The highest BCUT2D eigenvalue weighted by molar-refractivity contribution is 9.10. The lowest BCUT2D eigenvalue weighted by atomic mass is 10.1. The third kappa shape index (κ3) is 3.31. The Hall–Kier alpha value is 0.150. The molecule has 4 nitrogen and oxygen atoms in total. The number of ether oxygens (including phenoxy) is 1. The van der Waals surface area contributed by atoms with Crippen molar-refractivity contribution >= 4 is 49.2 Å². The molecule has 0 atom stereocenters. The summed E-state index contributed by atoms with van der Waals surface area (Å²) in [5, 5.41) is 0.247. The summed E-state index contributed by atoms with van der Waals surface area (Å²) in [6.07, 6.45) is 1.44. The first-order chi connectivity index (χ1) is 9.36. The molecule has 0 spiro atoms. The van der Waals surface area contributed by atoms with E-state index in [1.165, 1.54) is 16.4 Å². The van der Waals surface area contributed by atoms with Crippen LogP contribution in [0, 0.1) is 0 Å². The molecule has 1 aromatic carbocycles. The number of benzene rings is 1. The predicted octanol–water partition coefficient (Wildman–Crippen LogP) is 3.56. The number of rotatable bonds is 3. The van der Waals surface area contributed by atoms with Crippen LogP contribution in [-0.4, -0.2) is 39.0 Å². The minimum Gasteiger partial charge on any atom is -0.381 e. The van der Waals surface area contributed by atoms with E-state index in [-0.39, 0.29) is 21.0 Å². The van der Waals surface area contributed by atoms with Gasteiger partial charge in [-0.05, 0) is 25.0 Å². The summed E-state index contributed by atoms with van der Waals surface area (Å²) in [5.74, 6) is 0. The Morgan fingerprint density at radius 3 is 2.20 bits per heavy atom. The summed E-state index contributed by atoms with van der Waals surface area (Å²) in [6, 6.07) is 3.06. The van der Waals surface area contributed by atoms with Gasteiger partial charge in [-0.25, -0.2) is 8.42 Å². The molecule has 0 amide bonds. The normalized spacial score (nSPS) is 18.4.